The van der Waals surface area contributed by atoms with Gasteiger partial charge in [0.2, 0.25) is 0 Å². The van der Waals surface area contributed by atoms with Gasteiger partial charge in [-0.3, -0.25) is 0 Å². The second kappa shape index (κ2) is 11.8. The van der Waals surface area contributed by atoms with E-state index < -0.39 is 15.8 Å². The Morgan fingerprint density at radius 1 is 0.447 bits per heavy atom. The molecule has 0 radical (unpaired) electrons. The van der Waals surface area contributed by atoms with Crippen molar-refractivity contribution in [3.05, 3.63) is 106 Å². The zero-order valence-corrected chi connectivity index (χ0v) is 25.8. The Labute approximate surface area is 241 Å². The molecule has 0 fully saturated rings. The van der Waals surface area contributed by atoms with Gasteiger partial charge < -0.3 is 9.47 Å². The monoisotopic (exact) mass is 606 g/mol. The summed E-state index contributed by atoms with van der Waals surface area (Å²) in [5.41, 5.74) is 2.27. The summed E-state index contributed by atoms with van der Waals surface area (Å²) in [4.78, 5) is 0. The van der Waals surface area contributed by atoms with Gasteiger partial charge in [-0.1, -0.05) is 48.5 Å². The van der Waals surface area contributed by atoms with Gasteiger partial charge in [-0.2, -0.15) is 0 Å². The maximum atomic E-state index is 6.11. The number of hydrogen-bond acceptors (Lipinski definition) is 6. The zero-order valence-electron chi connectivity index (χ0n) is 20.7. The molecule has 0 N–H and O–H groups in total. The second-order valence-corrected chi connectivity index (χ2v) is 17.4. The van der Waals surface area contributed by atoms with E-state index in [-0.39, 0.29) is 0 Å². The molecule has 6 rings (SSSR count). The van der Waals surface area contributed by atoms with Crippen LogP contribution in [0.5, 0.6) is 11.5 Å². The maximum Gasteiger partial charge on any atom is 0.127 e. The molecule has 0 atom stereocenters. The first-order valence-electron chi connectivity index (χ1n) is 11.9. The number of hydrogen-bond donors (Lipinski definition) is 0. The SMILES string of the molecule is COc1cccc(P(c2cccs2)c2cccs2)c1-c1c(OC)cccc1P(c1cccs1)c1cccs1. The van der Waals surface area contributed by atoms with Gasteiger partial charge in [-0.25, -0.2) is 0 Å². The van der Waals surface area contributed by atoms with Gasteiger partial charge in [-0.05, 0) is 68.5 Å². The number of benzene rings is 2. The summed E-state index contributed by atoms with van der Waals surface area (Å²) in [7, 11) is 2.02. The lowest BCUT2D eigenvalue weighted by Crippen LogP contribution is -2.24. The lowest BCUT2D eigenvalue weighted by molar-refractivity contribution is 0.411. The van der Waals surface area contributed by atoms with Crippen molar-refractivity contribution < 1.29 is 9.47 Å². The van der Waals surface area contributed by atoms with E-state index in [2.05, 4.69) is 106 Å². The topological polar surface area (TPSA) is 18.5 Å². The van der Waals surface area contributed by atoms with Crippen LogP contribution in [0.25, 0.3) is 11.1 Å². The van der Waals surface area contributed by atoms with E-state index >= 15 is 0 Å². The quantitative estimate of drug-likeness (QED) is 0.163. The first-order valence-corrected chi connectivity index (χ1v) is 18.1. The molecule has 0 bridgehead atoms. The van der Waals surface area contributed by atoms with Gasteiger partial charge in [0.25, 0.3) is 0 Å². The van der Waals surface area contributed by atoms with Crippen LogP contribution in [0, 0.1) is 0 Å². The van der Waals surface area contributed by atoms with Crippen LogP contribution < -0.4 is 38.6 Å². The predicted octanol–water partition coefficient (Wildman–Crippen LogP) is 7.13. The Morgan fingerprint density at radius 3 is 1.05 bits per heavy atom. The highest BCUT2D eigenvalue weighted by atomic mass is 32.1. The average molecular weight is 607 g/mol. The zero-order chi connectivity index (χ0) is 25.9. The van der Waals surface area contributed by atoms with Crippen molar-refractivity contribution in [3.8, 4) is 22.6 Å². The van der Waals surface area contributed by atoms with Crippen LogP contribution in [0.1, 0.15) is 0 Å². The predicted molar refractivity (Wildman–Crippen MR) is 174 cm³/mol. The fourth-order valence-electron chi connectivity index (χ4n) is 4.54. The minimum atomic E-state index is -0.763. The Kier molecular flexibility index (Phi) is 8.08. The van der Waals surface area contributed by atoms with E-state index in [0.29, 0.717) is 0 Å². The summed E-state index contributed by atoms with van der Waals surface area (Å²) in [6, 6.07) is 30.7. The van der Waals surface area contributed by atoms with E-state index in [0.717, 1.165) is 22.6 Å². The summed E-state index contributed by atoms with van der Waals surface area (Å²) in [5.74, 6) is 1.75. The normalized spacial score (nSPS) is 11.4. The van der Waals surface area contributed by atoms with Crippen LogP contribution in [-0.2, 0) is 0 Å². The molecule has 4 aromatic heterocycles. The Morgan fingerprint density at radius 2 is 0.789 bits per heavy atom. The Bertz CT molecular complexity index is 1400. The van der Waals surface area contributed by atoms with Crippen LogP contribution in [0.3, 0.4) is 0 Å². The molecule has 190 valence electrons. The maximum absolute atomic E-state index is 6.11. The molecule has 38 heavy (non-hydrogen) atoms. The van der Waals surface area contributed by atoms with Gasteiger partial charge in [0.15, 0.2) is 0 Å². The summed E-state index contributed by atoms with van der Waals surface area (Å²) in [6.07, 6.45) is 0. The Balaban J connectivity index is 1.67. The molecule has 6 aromatic rings. The van der Waals surface area contributed by atoms with Crippen molar-refractivity contribution in [3.63, 3.8) is 0 Å². The molecule has 0 saturated carbocycles. The standard InChI is InChI=1S/C30H24O2P2S4/c1-31-21-9-3-11-23(33(25-13-5-17-35-25)26-14-6-18-36-26)29(21)30-22(32-2)10-4-12-24(30)34(27-15-7-19-37-27)28-16-8-20-38-28/h3-20H,1-2H3. The van der Waals surface area contributed by atoms with Gasteiger partial charge in [0.05, 0.1) is 14.2 Å². The van der Waals surface area contributed by atoms with Gasteiger partial charge in [0, 0.05) is 45.4 Å². The highest BCUT2D eigenvalue weighted by Gasteiger charge is 2.30. The van der Waals surface area contributed by atoms with Crippen molar-refractivity contribution in [2.24, 2.45) is 0 Å². The largest absolute Gasteiger partial charge is 0.496 e. The van der Waals surface area contributed by atoms with E-state index in [4.69, 9.17) is 9.47 Å². The molecule has 0 spiro atoms. The van der Waals surface area contributed by atoms with E-state index in [1.165, 1.54) is 29.1 Å². The van der Waals surface area contributed by atoms with Crippen molar-refractivity contribution >= 4 is 90.3 Å². The fourth-order valence-corrected chi connectivity index (χ4v) is 15.2. The Hall–Kier alpha value is -2.30. The molecule has 0 saturated heterocycles. The van der Waals surface area contributed by atoms with Crippen LogP contribution in [0.2, 0.25) is 0 Å². The summed E-state index contributed by atoms with van der Waals surface area (Å²) < 4.78 is 17.8. The first kappa shape index (κ1) is 26.0. The number of methoxy groups -OCH3 is 2. The smallest absolute Gasteiger partial charge is 0.127 e. The second-order valence-electron chi connectivity index (χ2n) is 8.18. The van der Waals surface area contributed by atoms with Gasteiger partial charge >= 0.3 is 0 Å². The molecule has 0 aliphatic carbocycles. The average Bonchev–Trinajstić information content (AvgIpc) is 3.78. The molecular weight excluding hydrogens is 583 g/mol. The lowest BCUT2D eigenvalue weighted by Gasteiger charge is -2.26. The summed E-state index contributed by atoms with van der Waals surface area (Å²) >= 11 is 7.31. The molecule has 0 amide bonds. The highest BCUT2D eigenvalue weighted by Crippen LogP contribution is 2.48. The van der Waals surface area contributed by atoms with Crippen molar-refractivity contribution in [1.29, 1.82) is 0 Å². The molecule has 0 unspecified atom stereocenters. The third kappa shape index (κ3) is 4.91. The molecule has 2 nitrogen and oxygen atoms in total. The minimum Gasteiger partial charge on any atom is -0.496 e. The molecule has 4 heterocycles. The summed E-state index contributed by atoms with van der Waals surface area (Å²) in [5, 5.41) is 11.3. The molecular formula is C30H24O2P2S4. The van der Waals surface area contributed by atoms with Crippen molar-refractivity contribution in [2.45, 2.75) is 0 Å². The van der Waals surface area contributed by atoms with Crippen LogP contribution >= 0.6 is 61.2 Å². The lowest BCUT2D eigenvalue weighted by atomic mass is 10.0. The number of rotatable bonds is 9. The van der Waals surface area contributed by atoms with E-state index in [9.17, 15) is 0 Å². The van der Waals surface area contributed by atoms with Crippen LogP contribution in [0.15, 0.2) is 106 Å². The number of ether oxygens (including phenoxy) is 2. The van der Waals surface area contributed by atoms with E-state index in [1.807, 2.05) is 45.3 Å². The molecule has 0 aliphatic rings. The molecule has 0 aliphatic heterocycles. The first-order chi connectivity index (χ1) is 18.8. The fraction of sp³-hybridized carbons (Fsp3) is 0.0667. The third-order valence-electron chi connectivity index (χ3n) is 6.09. The van der Waals surface area contributed by atoms with Gasteiger partial charge in [-0.15, -0.1) is 45.3 Å². The van der Waals surface area contributed by atoms with Crippen LogP contribution in [-0.4, -0.2) is 14.2 Å². The van der Waals surface area contributed by atoms with E-state index in [1.54, 1.807) is 14.2 Å². The number of thiophene rings is 4. The molecule has 8 heteroatoms. The van der Waals surface area contributed by atoms with Gasteiger partial charge in [0.1, 0.15) is 11.5 Å². The summed E-state index contributed by atoms with van der Waals surface area (Å²) in [6.45, 7) is 0. The van der Waals surface area contributed by atoms with Crippen LogP contribution in [0.4, 0.5) is 0 Å². The highest BCUT2D eigenvalue weighted by molar-refractivity contribution is 7.88. The van der Waals surface area contributed by atoms with Crippen molar-refractivity contribution in [1.82, 2.24) is 0 Å². The minimum absolute atomic E-state index is 0.763. The molecule has 2 aromatic carbocycles. The van der Waals surface area contributed by atoms with Crippen molar-refractivity contribution in [2.75, 3.05) is 14.2 Å². The third-order valence-corrected chi connectivity index (χ3v) is 16.3.